The van der Waals surface area contributed by atoms with Gasteiger partial charge in [0.2, 0.25) is 0 Å². The second-order valence-corrected chi connectivity index (χ2v) is 2.91. The summed E-state index contributed by atoms with van der Waals surface area (Å²) in [5.41, 5.74) is 5.50. The SMILES string of the molecule is C#CCN1C[C@H](O)C[C@@H]1CN.Cl.Cl. The van der Waals surface area contributed by atoms with E-state index in [4.69, 9.17) is 12.2 Å². The van der Waals surface area contributed by atoms with E-state index in [0.29, 0.717) is 19.6 Å². The van der Waals surface area contributed by atoms with Crippen LogP contribution >= 0.6 is 24.8 Å². The second kappa shape index (κ2) is 7.43. The third-order valence-electron chi connectivity index (χ3n) is 2.07. The van der Waals surface area contributed by atoms with Gasteiger partial charge in [0.15, 0.2) is 0 Å². The number of β-amino-alcohol motifs (C(OH)–C–C–N with tert-alkyl or cyclic N) is 1. The second-order valence-electron chi connectivity index (χ2n) is 2.91. The predicted octanol–water partition coefficient (Wildman–Crippen LogP) is -0.143. The molecule has 0 amide bonds. The lowest BCUT2D eigenvalue weighted by Crippen LogP contribution is -2.35. The van der Waals surface area contributed by atoms with Gasteiger partial charge in [-0.05, 0) is 6.42 Å². The van der Waals surface area contributed by atoms with Crippen molar-refractivity contribution in [2.75, 3.05) is 19.6 Å². The first-order valence-corrected chi connectivity index (χ1v) is 3.83. The molecule has 0 saturated carbocycles. The Bertz CT molecular complexity index is 172. The van der Waals surface area contributed by atoms with E-state index in [-0.39, 0.29) is 37.0 Å². The molecular weight excluding hydrogens is 211 g/mol. The van der Waals surface area contributed by atoms with Crippen LogP contribution in [0.5, 0.6) is 0 Å². The largest absolute Gasteiger partial charge is 0.392 e. The molecule has 3 nitrogen and oxygen atoms in total. The molecular formula is C8H16Cl2N2O. The molecule has 13 heavy (non-hydrogen) atoms. The number of rotatable bonds is 2. The summed E-state index contributed by atoms with van der Waals surface area (Å²) in [6.45, 7) is 1.85. The van der Waals surface area contributed by atoms with Crippen LogP contribution in [0.25, 0.3) is 0 Å². The van der Waals surface area contributed by atoms with Crippen LogP contribution < -0.4 is 5.73 Å². The summed E-state index contributed by atoms with van der Waals surface area (Å²) in [7, 11) is 0. The maximum Gasteiger partial charge on any atom is 0.0683 e. The predicted molar refractivity (Wildman–Crippen MR) is 58.4 cm³/mol. The van der Waals surface area contributed by atoms with E-state index in [1.54, 1.807) is 0 Å². The first kappa shape index (κ1) is 15.5. The Morgan fingerprint density at radius 1 is 1.54 bits per heavy atom. The highest BCUT2D eigenvalue weighted by Gasteiger charge is 2.28. The lowest BCUT2D eigenvalue weighted by molar-refractivity contribution is 0.180. The Labute approximate surface area is 91.5 Å². The van der Waals surface area contributed by atoms with Gasteiger partial charge in [0, 0.05) is 19.1 Å². The highest BCUT2D eigenvalue weighted by Crippen LogP contribution is 2.15. The summed E-state index contributed by atoms with van der Waals surface area (Å²) in [5.74, 6) is 2.55. The van der Waals surface area contributed by atoms with Crippen molar-refractivity contribution in [3.8, 4) is 12.3 Å². The molecule has 0 aromatic heterocycles. The quantitative estimate of drug-likeness (QED) is 0.645. The molecule has 3 N–H and O–H groups in total. The molecule has 1 fully saturated rings. The molecule has 1 heterocycles. The number of aliphatic hydroxyl groups is 1. The molecule has 1 rings (SSSR count). The van der Waals surface area contributed by atoms with E-state index < -0.39 is 0 Å². The third-order valence-corrected chi connectivity index (χ3v) is 2.07. The van der Waals surface area contributed by atoms with Crippen LogP contribution in [0.1, 0.15) is 6.42 Å². The average molecular weight is 227 g/mol. The van der Waals surface area contributed by atoms with Gasteiger partial charge < -0.3 is 10.8 Å². The highest BCUT2D eigenvalue weighted by molar-refractivity contribution is 5.85. The molecule has 0 aromatic rings. The van der Waals surface area contributed by atoms with E-state index in [0.717, 1.165) is 6.42 Å². The fraction of sp³-hybridized carbons (Fsp3) is 0.750. The monoisotopic (exact) mass is 226 g/mol. The first-order chi connectivity index (χ1) is 5.27. The number of terminal acetylenes is 1. The van der Waals surface area contributed by atoms with E-state index >= 15 is 0 Å². The summed E-state index contributed by atoms with van der Waals surface area (Å²) in [4.78, 5) is 2.05. The van der Waals surface area contributed by atoms with Crippen LogP contribution in [0.4, 0.5) is 0 Å². The number of aliphatic hydroxyl groups excluding tert-OH is 1. The molecule has 0 radical (unpaired) electrons. The van der Waals surface area contributed by atoms with Crippen molar-refractivity contribution in [3.63, 3.8) is 0 Å². The lowest BCUT2D eigenvalue weighted by atomic mass is 10.2. The van der Waals surface area contributed by atoms with Gasteiger partial charge in [0.25, 0.3) is 0 Å². The van der Waals surface area contributed by atoms with Crippen LogP contribution in [0, 0.1) is 12.3 Å². The molecule has 2 atom stereocenters. The number of likely N-dealkylation sites (tertiary alicyclic amines) is 1. The molecule has 0 unspecified atom stereocenters. The molecule has 0 aromatic carbocycles. The zero-order valence-corrected chi connectivity index (χ0v) is 8.98. The maximum absolute atomic E-state index is 9.26. The van der Waals surface area contributed by atoms with Crippen molar-refractivity contribution >= 4 is 24.8 Å². The van der Waals surface area contributed by atoms with Gasteiger partial charge >= 0.3 is 0 Å². The number of nitrogens with zero attached hydrogens (tertiary/aromatic N) is 1. The average Bonchev–Trinajstić information content (AvgIpc) is 2.32. The van der Waals surface area contributed by atoms with Crippen LogP contribution in [-0.2, 0) is 0 Å². The Balaban J connectivity index is 0. The van der Waals surface area contributed by atoms with Crippen LogP contribution in [-0.4, -0.2) is 41.8 Å². The zero-order chi connectivity index (χ0) is 8.27. The van der Waals surface area contributed by atoms with Gasteiger partial charge in [0.05, 0.1) is 12.6 Å². The zero-order valence-electron chi connectivity index (χ0n) is 7.35. The Morgan fingerprint density at radius 2 is 2.15 bits per heavy atom. The molecule has 1 aliphatic rings. The summed E-state index contributed by atoms with van der Waals surface area (Å²) < 4.78 is 0. The van der Waals surface area contributed by atoms with E-state index in [1.807, 2.05) is 4.90 Å². The number of hydrogen-bond donors (Lipinski definition) is 2. The summed E-state index contributed by atoms with van der Waals surface area (Å²) >= 11 is 0. The molecule has 5 heteroatoms. The van der Waals surface area contributed by atoms with Crippen molar-refractivity contribution in [3.05, 3.63) is 0 Å². The van der Waals surface area contributed by atoms with Gasteiger partial charge in [-0.25, -0.2) is 0 Å². The standard InChI is InChI=1S/C8H14N2O.2ClH/c1-2-3-10-6-8(11)4-7(10)5-9;;/h1,7-8,11H,3-6,9H2;2*1H/t7-,8-;;/m1../s1. The smallest absolute Gasteiger partial charge is 0.0683 e. The molecule has 1 aliphatic heterocycles. The summed E-state index contributed by atoms with van der Waals surface area (Å²) in [6.07, 6.45) is 5.68. The van der Waals surface area contributed by atoms with Crippen molar-refractivity contribution in [2.24, 2.45) is 5.73 Å². The number of nitrogens with two attached hydrogens (primary N) is 1. The first-order valence-electron chi connectivity index (χ1n) is 3.83. The van der Waals surface area contributed by atoms with Crippen molar-refractivity contribution < 1.29 is 5.11 Å². The van der Waals surface area contributed by atoms with Crippen molar-refractivity contribution in [1.82, 2.24) is 4.90 Å². The maximum atomic E-state index is 9.26. The number of halogens is 2. The summed E-state index contributed by atoms with van der Waals surface area (Å²) in [6, 6.07) is 0.279. The van der Waals surface area contributed by atoms with Crippen LogP contribution in [0.2, 0.25) is 0 Å². The molecule has 0 spiro atoms. The fourth-order valence-corrected chi connectivity index (χ4v) is 1.51. The molecule has 1 saturated heterocycles. The fourth-order valence-electron chi connectivity index (χ4n) is 1.51. The molecule has 78 valence electrons. The van der Waals surface area contributed by atoms with Crippen molar-refractivity contribution in [1.29, 1.82) is 0 Å². The van der Waals surface area contributed by atoms with Crippen molar-refractivity contribution in [2.45, 2.75) is 18.6 Å². The van der Waals surface area contributed by atoms with Gasteiger partial charge in [-0.2, -0.15) is 0 Å². The minimum Gasteiger partial charge on any atom is -0.392 e. The molecule has 0 aliphatic carbocycles. The van der Waals surface area contributed by atoms with Crippen LogP contribution in [0.15, 0.2) is 0 Å². The summed E-state index contributed by atoms with van der Waals surface area (Å²) in [5, 5.41) is 9.26. The lowest BCUT2D eigenvalue weighted by Gasteiger charge is -2.19. The van der Waals surface area contributed by atoms with E-state index in [9.17, 15) is 5.11 Å². The van der Waals surface area contributed by atoms with Gasteiger partial charge in [-0.1, -0.05) is 5.92 Å². The van der Waals surface area contributed by atoms with Gasteiger partial charge in [0.1, 0.15) is 0 Å². The normalized spacial score (nSPS) is 27.2. The minimum absolute atomic E-state index is 0. The number of hydrogen-bond acceptors (Lipinski definition) is 3. The van der Waals surface area contributed by atoms with Gasteiger partial charge in [-0.3, -0.25) is 4.90 Å². The Morgan fingerprint density at radius 3 is 2.62 bits per heavy atom. The topological polar surface area (TPSA) is 49.5 Å². The Hall–Kier alpha value is 0.0200. The van der Waals surface area contributed by atoms with E-state index in [2.05, 4.69) is 5.92 Å². The third kappa shape index (κ3) is 4.17. The van der Waals surface area contributed by atoms with E-state index in [1.165, 1.54) is 0 Å². The van der Waals surface area contributed by atoms with Gasteiger partial charge in [-0.15, -0.1) is 31.2 Å². The minimum atomic E-state index is -0.239. The molecule has 0 bridgehead atoms. The van der Waals surface area contributed by atoms with Crippen LogP contribution in [0.3, 0.4) is 0 Å². The highest BCUT2D eigenvalue weighted by atomic mass is 35.5. The Kier molecular flexibility index (Phi) is 8.85.